The molecule has 4 heteroatoms. The Bertz CT molecular complexity index is 580. The van der Waals surface area contributed by atoms with E-state index in [1.54, 1.807) is 38.5 Å². The van der Waals surface area contributed by atoms with Gasteiger partial charge < -0.3 is 0 Å². The van der Waals surface area contributed by atoms with Gasteiger partial charge in [-0.05, 0) is 0 Å². The van der Waals surface area contributed by atoms with Crippen molar-refractivity contribution in [3.63, 3.8) is 0 Å². The maximum absolute atomic E-state index is 6.64. The van der Waals surface area contributed by atoms with Gasteiger partial charge in [-0.15, -0.1) is 0 Å². The van der Waals surface area contributed by atoms with Crippen molar-refractivity contribution in [2.24, 2.45) is 0 Å². The molecule has 29 heavy (non-hydrogen) atoms. The fraction of sp³-hybridized carbons (Fsp3) is 0.760. The van der Waals surface area contributed by atoms with Crippen molar-refractivity contribution in [1.29, 1.82) is 0 Å². The minimum absolute atomic E-state index is 0.890. The summed E-state index contributed by atoms with van der Waals surface area (Å²) in [5, 5.41) is 1.78. The predicted molar refractivity (Wildman–Crippen MR) is 134 cm³/mol. The molecule has 1 aromatic rings. The number of benzene rings is 1. The van der Waals surface area contributed by atoms with E-state index >= 15 is 0 Å². The van der Waals surface area contributed by atoms with Crippen molar-refractivity contribution >= 4 is 49.1 Å². The fourth-order valence-corrected chi connectivity index (χ4v) is 40.1. The van der Waals surface area contributed by atoms with E-state index in [4.69, 9.17) is 23.2 Å². The molecule has 3 aliphatic rings. The molecular weight excluding hydrogens is 522 g/mol. The summed E-state index contributed by atoms with van der Waals surface area (Å²) in [7, 11) is 2.51. The van der Waals surface area contributed by atoms with Crippen LogP contribution in [0.1, 0.15) is 102 Å². The molecule has 0 aromatic heterocycles. The van der Waals surface area contributed by atoms with Gasteiger partial charge in [-0.1, -0.05) is 0 Å². The molecule has 4 rings (SSSR count). The Labute approximate surface area is 195 Å². The Morgan fingerprint density at radius 2 is 1.03 bits per heavy atom. The van der Waals surface area contributed by atoms with E-state index in [-0.39, 0.29) is 0 Å². The zero-order chi connectivity index (χ0) is 20.1. The Kier molecular flexibility index (Phi) is 8.92. The molecule has 0 bridgehead atoms. The first-order valence-electron chi connectivity index (χ1n) is 12.3. The van der Waals surface area contributed by atoms with Crippen molar-refractivity contribution in [3.8, 4) is 0 Å². The average Bonchev–Trinajstić information content (AvgIpc) is 2.78. The van der Waals surface area contributed by atoms with Crippen LogP contribution < -0.4 is 0 Å². The third-order valence-electron chi connectivity index (χ3n) is 8.26. The van der Waals surface area contributed by atoms with Gasteiger partial charge in [0, 0.05) is 0 Å². The van der Waals surface area contributed by atoms with Crippen LogP contribution >= 0.6 is 32.1 Å². The van der Waals surface area contributed by atoms with Crippen LogP contribution in [0.5, 0.6) is 0 Å². The van der Waals surface area contributed by atoms with Gasteiger partial charge in [-0.3, -0.25) is 0 Å². The molecule has 0 amide bonds. The predicted octanol–water partition coefficient (Wildman–Crippen LogP) is 10.2. The summed E-state index contributed by atoms with van der Waals surface area (Å²) in [6, 6.07) is 6.09. The molecule has 0 atom stereocenters. The zero-order valence-electron chi connectivity index (χ0n) is 17.9. The van der Waals surface area contributed by atoms with Crippen LogP contribution in [0.15, 0.2) is 18.2 Å². The number of rotatable bonds is 6. The summed E-state index contributed by atoms with van der Waals surface area (Å²) in [4.78, 5) is 0. The van der Waals surface area contributed by atoms with Crippen molar-refractivity contribution in [3.05, 3.63) is 33.8 Å². The molecule has 0 heterocycles. The summed E-state index contributed by atoms with van der Waals surface area (Å²) >= 11 is 10.8. The number of hydrogen-bond acceptors (Lipinski definition) is 1. The Morgan fingerprint density at radius 1 is 0.655 bits per heavy atom. The second-order valence-electron chi connectivity index (χ2n) is 9.85. The van der Waals surface area contributed by atoms with Crippen molar-refractivity contribution < 1.29 is 0 Å². The van der Waals surface area contributed by atoms with Gasteiger partial charge in [-0.2, -0.15) is 0 Å². The second-order valence-corrected chi connectivity index (χ2v) is 30.3. The minimum atomic E-state index is -2.53. The molecule has 0 saturated heterocycles. The number of halogens is 2. The third-order valence-corrected chi connectivity index (χ3v) is 38.0. The summed E-state index contributed by atoms with van der Waals surface area (Å²) in [5.41, 5.74) is 1.23. The Hall–Kier alpha value is 0.949. The topological polar surface area (TPSA) is 0 Å². The molecule has 3 fully saturated rings. The molecule has 0 N–H and O–H groups in total. The van der Waals surface area contributed by atoms with E-state index in [1.807, 2.05) is 18.2 Å². The molecule has 0 radical (unpaired) electrons. The van der Waals surface area contributed by atoms with Gasteiger partial charge in [0.2, 0.25) is 0 Å². The SMILES string of the molecule is Clc1cccc(Cl)c1C[S][Sn]([CH]1CCCCC1)([CH]1CCCCC1)[CH]1CCCCC1. The molecule has 0 nitrogen and oxygen atoms in total. The zero-order valence-corrected chi connectivity index (χ0v) is 23.1. The maximum atomic E-state index is 6.64. The van der Waals surface area contributed by atoms with E-state index in [1.165, 1.54) is 63.4 Å². The molecule has 0 aliphatic heterocycles. The van der Waals surface area contributed by atoms with Crippen LogP contribution in [-0.4, -0.2) is 17.0 Å². The molecule has 162 valence electrons. The van der Waals surface area contributed by atoms with Gasteiger partial charge in [0.15, 0.2) is 0 Å². The van der Waals surface area contributed by atoms with Crippen LogP contribution in [0.4, 0.5) is 0 Å². The van der Waals surface area contributed by atoms with Gasteiger partial charge in [0.1, 0.15) is 0 Å². The van der Waals surface area contributed by atoms with Crippen LogP contribution in [0.3, 0.4) is 0 Å². The summed E-state index contributed by atoms with van der Waals surface area (Å²) in [6.45, 7) is 0. The van der Waals surface area contributed by atoms with Crippen LogP contribution in [0.25, 0.3) is 0 Å². The van der Waals surface area contributed by atoms with Gasteiger partial charge in [0.05, 0.1) is 0 Å². The summed E-state index contributed by atoms with van der Waals surface area (Å²) < 4.78 is 3.32. The van der Waals surface area contributed by atoms with E-state index < -0.39 is 17.0 Å². The quantitative estimate of drug-likeness (QED) is 0.312. The number of hydrogen-bond donors (Lipinski definition) is 0. The van der Waals surface area contributed by atoms with Gasteiger partial charge in [0.25, 0.3) is 0 Å². The molecular formula is C25H38Cl2SSn. The molecule has 3 aliphatic carbocycles. The summed E-state index contributed by atoms with van der Waals surface area (Å²) in [6.07, 6.45) is 22.7. The van der Waals surface area contributed by atoms with Crippen molar-refractivity contribution in [2.45, 2.75) is 114 Å². The Balaban J connectivity index is 1.68. The van der Waals surface area contributed by atoms with E-state index in [2.05, 4.69) is 8.95 Å². The van der Waals surface area contributed by atoms with E-state index in [0.29, 0.717) is 0 Å². The first kappa shape index (κ1) is 23.1. The van der Waals surface area contributed by atoms with E-state index in [0.717, 1.165) is 27.6 Å². The van der Waals surface area contributed by atoms with Crippen LogP contribution in [0, 0.1) is 0 Å². The molecule has 3 saturated carbocycles. The van der Waals surface area contributed by atoms with Gasteiger partial charge >= 0.3 is 197 Å². The normalized spacial score (nSPS) is 23.4. The van der Waals surface area contributed by atoms with Crippen LogP contribution in [0.2, 0.25) is 21.8 Å². The van der Waals surface area contributed by atoms with Crippen LogP contribution in [-0.2, 0) is 5.75 Å². The molecule has 0 spiro atoms. The third kappa shape index (κ3) is 5.31. The fourth-order valence-electron chi connectivity index (χ4n) is 6.88. The summed E-state index contributed by atoms with van der Waals surface area (Å²) in [5.74, 6) is 1.08. The Morgan fingerprint density at radius 3 is 1.41 bits per heavy atom. The average molecular weight is 560 g/mol. The molecule has 1 aromatic carbocycles. The standard InChI is InChI=1S/C7H6Cl2S.3C6H11.Sn/c8-6-2-1-3-7(9)5(6)4-10;3*1-2-4-6-5-3-1;/h1-3,10H,4H2;3*1H,2-6H2;/q;;;;+1/p-1. The van der Waals surface area contributed by atoms with Crippen molar-refractivity contribution in [1.82, 2.24) is 0 Å². The van der Waals surface area contributed by atoms with Crippen molar-refractivity contribution in [2.75, 3.05) is 0 Å². The van der Waals surface area contributed by atoms with E-state index in [9.17, 15) is 0 Å². The first-order valence-corrected chi connectivity index (χ1v) is 22.5. The van der Waals surface area contributed by atoms with Gasteiger partial charge in [-0.25, -0.2) is 0 Å². The molecule has 0 unspecified atom stereocenters. The second kappa shape index (κ2) is 11.2. The monoisotopic (exact) mass is 560 g/mol. The first-order chi connectivity index (χ1) is 14.2.